The number of hydrogen-bond acceptors (Lipinski definition) is 5. The third-order valence-corrected chi connectivity index (χ3v) is 3.26. The summed E-state index contributed by atoms with van der Waals surface area (Å²) in [5, 5.41) is 18.0. The molecule has 1 aromatic heterocycles. The summed E-state index contributed by atoms with van der Waals surface area (Å²) in [6.45, 7) is 6.34. The van der Waals surface area contributed by atoms with Crippen LogP contribution in [0.2, 0.25) is 0 Å². The maximum absolute atomic E-state index is 10.7. The van der Waals surface area contributed by atoms with E-state index in [0.29, 0.717) is 6.54 Å². The molecule has 0 saturated heterocycles. The molecule has 2 rings (SSSR count). The van der Waals surface area contributed by atoms with Gasteiger partial charge in [0.05, 0.1) is 10.6 Å². The van der Waals surface area contributed by atoms with Gasteiger partial charge in [-0.1, -0.05) is 17.3 Å². The first kappa shape index (κ1) is 14.2. The molecule has 1 unspecified atom stereocenters. The van der Waals surface area contributed by atoms with E-state index in [1.165, 1.54) is 6.07 Å². The zero-order valence-electron chi connectivity index (χ0n) is 11.7. The SMILES string of the molecule is Cc1noc(C)c1C(C)NCc1cccc([N+](=O)[O-])c1. The van der Waals surface area contributed by atoms with Gasteiger partial charge in [0.2, 0.25) is 0 Å². The zero-order chi connectivity index (χ0) is 14.7. The lowest BCUT2D eigenvalue weighted by atomic mass is 10.1. The smallest absolute Gasteiger partial charge is 0.269 e. The molecule has 1 heterocycles. The van der Waals surface area contributed by atoms with Crippen LogP contribution in [0.25, 0.3) is 0 Å². The molecular weight excluding hydrogens is 258 g/mol. The Bertz CT molecular complexity index is 602. The molecular formula is C14H17N3O3. The van der Waals surface area contributed by atoms with Gasteiger partial charge in [0, 0.05) is 30.3 Å². The zero-order valence-corrected chi connectivity index (χ0v) is 11.7. The van der Waals surface area contributed by atoms with Crippen molar-refractivity contribution in [1.82, 2.24) is 10.5 Å². The number of hydrogen-bond donors (Lipinski definition) is 1. The van der Waals surface area contributed by atoms with E-state index >= 15 is 0 Å². The molecule has 0 saturated carbocycles. The average molecular weight is 275 g/mol. The molecule has 0 aliphatic carbocycles. The van der Waals surface area contributed by atoms with Gasteiger partial charge < -0.3 is 9.84 Å². The minimum Gasteiger partial charge on any atom is -0.361 e. The Morgan fingerprint density at radius 1 is 1.45 bits per heavy atom. The number of nitrogens with zero attached hydrogens (tertiary/aromatic N) is 2. The molecule has 0 bridgehead atoms. The molecule has 0 spiro atoms. The summed E-state index contributed by atoms with van der Waals surface area (Å²) in [4.78, 5) is 10.3. The minimum atomic E-state index is -0.388. The van der Waals surface area contributed by atoms with Crippen LogP contribution >= 0.6 is 0 Å². The van der Waals surface area contributed by atoms with Crippen molar-refractivity contribution in [2.45, 2.75) is 33.4 Å². The van der Waals surface area contributed by atoms with E-state index in [0.717, 1.165) is 22.6 Å². The highest BCUT2D eigenvalue weighted by atomic mass is 16.6. The van der Waals surface area contributed by atoms with Crippen molar-refractivity contribution in [3.8, 4) is 0 Å². The molecule has 0 aliphatic rings. The summed E-state index contributed by atoms with van der Waals surface area (Å²) in [7, 11) is 0. The summed E-state index contributed by atoms with van der Waals surface area (Å²) in [5.74, 6) is 0.793. The Morgan fingerprint density at radius 3 is 2.80 bits per heavy atom. The Balaban J connectivity index is 2.05. The number of rotatable bonds is 5. The van der Waals surface area contributed by atoms with E-state index < -0.39 is 0 Å². The molecule has 2 aromatic rings. The Kier molecular flexibility index (Phi) is 4.14. The predicted octanol–water partition coefficient (Wildman–Crippen LogP) is 3.05. The summed E-state index contributed by atoms with van der Waals surface area (Å²) in [5.41, 5.74) is 2.88. The topological polar surface area (TPSA) is 81.2 Å². The van der Waals surface area contributed by atoms with Gasteiger partial charge in [-0.15, -0.1) is 0 Å². The van der Waals surface area contributed by atoms with Crippen molar-refractivity contribution >= 4 is 5.69 Å². The molecule has 0 aliphatic heterocycles. The lowest BCUT2D eigenvalue weighted by Crippen LogP contribution is -2.19. The average Bonchev–Trinajstić information content (AvgIpc) is 2.76. The first-order valence-electron chi connectivity index (χ1n) is 6.38. The van der Waals surface area contributed by atoms with E-state index in [1.807, 2.05) is 26.8 Å². The molecule has 0 radical (unpaired) electrons. The van der Waals surface area contributed by atoms with E-state index in [2.05, 4.69) is 10.5 Å². The van der Waals surface area contributed by atoms with Crippen molar-refractivity contribution < 1.29 is 9.45 Å². The number of benzene rings is 1. The quantitative estimate of drug-likeness (QED) is 0.670. The van der Waals surface area contributed by atoms with Crippen LogP contribution in [-0.2, 0) is 6.54 Å². The number of aryl methyl sites for hydroxylation is 2. The predicted molar refractivity (Wildman–Crippen MR) is 74.3 cm³/mol. The second-order valence-electron chi connectivity index (χ2n) is 4.77. The van der Waals surface area contributed by atoms with Crippen molar-refractivity contribution in [3.05, 3.63) is 57.0 Å². The normalized spacial score (nSPS) is 12.3. The van der Waals surface area contributed by atoms with E-state index in [-0.39, 0.29) is 16.7 Å². The fourth-order valence-electron chi connectivity index (χ4n) is 2.26. The molecule has 0 fully saturated rings. The van der Waals surface area contributed by atoms with Crippen LogP contribution in [0.5, 0.6) is 0 Å². The summed E-state index contributed by atoms with van der Waals surface area (Å²) in [6.07, 6.45) is 0. The van der Waals surface area contributed by atoms with Gasteiger partial charge in [-0.3, -0.25) is 10.1 Å². The first-order chi connectivity index (χ1) is 9.49. The fourth-order valence-corrected chi connectivity index (χ4v) is 2.26. The number of nitrogens with one attached hydrogen (secondary N) is 1. The number of non-ortho nitro benzene ring substituents is 1. The van der Waals surface area contributed by atoms with Crippen LogP contribution in [0.4, 0.5) is 5.69 Å². The second kappa shape index (κ2) is 5.83. The monoisotopic (exact) mass is 275 g/mol. The maximum Gasteiger partial charge on any atom is 0.269 e. The van der Waals surface area contributed by atoms with Gasteiger partial charge in [-0.2, -0.15) is 0 Å². The van der Waals surface area contributed by atoms with E-state index in [9.17, 15) is 10.1 Å². The highest BCUT2D eigenvalue weighted by molar-refractivity contribution is 5.34. The van der Waals surface area contributed by atoms with Crippen LogP contribution in [0, 0.1) is 24.0 Å². The van der Waals surface area contributed by atoms with Gasteiger partial charge in [0.25, 0.3) is 5.69 Å². The van der Waals surface area contributed by atoms with Gasteiger partial charge in [0.1, 0.15) is 5.76 Å². The van der Waals surface area contributed by atoms with E-state index in [4.69, 9.17) is 4.52 Å². The lowest BCUT2D eigenvalue weighted by Gasteiger charge is -2.13. The van der Waals surface area contributed by atoms with Gasteiger partial charge in [-0.05, 0) is 26.3 Å². The molecule has 6 heteroatoms. The second-order valence-corrected chi connectivity index (χ2v) is 4.77. The molecule has 1 atom stereocenters. The molecule has 106 valence electrons. The van der Waals surface area contributed by atoms with Crippen LogP contribution in [0.3, 0.4) is 0 Å². The van der Waals surface area contributed by atoms with Crippen molar-refractivity contribution in [2.75, 3.05) is 0 Å². The Morgan fingerprint density at radius 2 is 2.20 bits per heavy atom. The number of nitro benzene ring substituents is 1. The summed E-state index contributed by atoms with van der Waals surface area (Å²) in [6, 6.07) is 6.69. The van der Waals surface area contributed by atoms with Gasteiger partial charge in [-0.25, -0.2) is 0 Å². The minimum absolute atomic E-state index is 0.0699. The van der Waals surface area contributed by atoms with Crippen molar-refractivity contribution in [3.63, 3.8) is 0 Å². The first-order valence-corrected chi connectivity index (χ1v) is 6.38. The number of nitro groups is 1. The third-order valence-electron chi connectivity index (χ3n) is 3.26. The lowest BCUT2D eigenvalue weighted by molar-refractivity contribution is -0.384. The highest BCUT2D eigenvalue weighted by Gasteiger charge is 2.16. The largest absolute Gasteiger partial charge is 0.361 e. The Hall–Kier alpha value is -2.21. The molecule has 1 N–H and O–H groups in total. The summed E-state index contributed by atoms with van der Waals surface area (Å²) >= 11 is 0. The van der Waals surface area contributed by atoms with Gasteiger partial charge in [0.15, 0.2) is 0 Å². The van der Waals surface area contributed by atoms with Crippen LogP contribution in [0.15, 0.2) is 28.8 Å². The third kappa shape index (κ3) is 3.03. The van der Waals surface area contributed by atoms with Crippen molar-refractivity contribution in [2.24, 2.45) is 0 Å². The summed E-state index contributed by atoms with van der Waals surface area (Å²) < 4.78 is 5.14. The maximum atomic E-state index is 10.7. The molecule has 20 heavy (non-hydrogen) atoms. The molecule has 6 nitrogen and oxygen atoms in total. The molecule has 0 amide bonds. The highest BCUT2D eigenvalue weighted by Crippen LogP contribution is 2.21. The molecule has 1 aromatic carbocycles. The van der Waals surface area contributed by atoms with Crippen LogP contribution in [0.1, 0.15) is 35.5 Å². The van der Waals surface area contributed by atoms with Gasteiger partial charge >= 0.3 is 0 Å². The Labute approximate surface area is 116 Å². The van der Waals surface area contributed by atoms with E-state index in [1.54, 1.807) is 12.1 Å². The van der Waals surface area contributed by atoms with Crippen LogP contribution < -0.4 is 5.32 Å². The van der Waals surface area contributed by atoms with Crippen LogP contribution in [-0.4, -0.2) is 10.1 Å². The van der Waals surface area contributed by atoms with Crippen molar-refractivity contribution in [1.29, 1.82) is 0 Å². The number of aromatic nitrogens is 1. The fraction of sp³-hybridized carbons (Fsp3) is 0.357. The standard InChI is InChI=1S/C14H17N3O3/c1-9(14-10(2)16-20-11(14)3)15-8-12-5-4-6-13(7-12)17(18)19/h4-7,9,15H,8H2,1-3H3.